The van der Waals surface area contributed by atoms with E-state index >= 15 is 0 Å². The van der Waals surface area contributed by atoms with Gasteiger partial charge in [-0.15, -0.1) is 0 Å². The fourth-order valence-corrected chi connectivity index (χ4v) is 5.25. The maximum absolute atomic E-state index is 10.8. The topological polar surface area (TPSA) is 88.1 Å². The molecular formula is C30H58NO6P. The first-order valence-corrected chi connectivity index (χ1v) is 16.2. The van der Waals surface area contributed by atoms with Gasteiger partial charge in [0.2, 0.25) is 0 Å². The molecule has 7 nitrogen and oxygen atoms in total. The largest absolute Gasteiger partial charge is 0.756 e. The van der Waals surface area contributed by atoms with Gasteiger partial charge in [-0.2, -0.15) is 0 Å². The molecule has 0 spiro atoms. The molecule has 0 aromatic heterocycles. The molecule has 8 heteroatoms. The Morgan fingerprint density at radius 2 is 1.26 bits per heavy atom. The number of rotatable bonds is 21. The van der Waals surface area contributed by atoms with Gasteiger partial charge in [-0.3, -0.25) is 4.57 Å². The van der Waals surface area contributed by atoms with Crippen LogP contribution < -0.4 is 9.63 Å². The summed E-state index contributed by atoms with van der Waals surface area (Å²) in [6, 6.07) is 9.73. The lowest BCUT2D eigenvalue weighted by atomic mass is 10.1. The van der Waals surface area contributed by atoms with E-state index in [1.807, 2.05) is 30.3 Å². The number of hydrogen-bond acceptors (Lipinski definition) is 6. The van der Waals surface area contributed by atoms with Crippen molar-refractivity contribution in [3.8, 4) is 5.75 Å². The zero-order valence-corrected chi connectivity index (χ0v) is 26.3. The van der Waals surface area contributed by atoms with Crippen molar-refractivity contribution >= 4 is 7.82 Å². The number of para-hydroxylation sites is 1. The van der Waals surface area contributed by atoms with Gasteiger partial charge in [0.15, 0.2) is 0 Å². The first kappa shape index (κ1) is 37.0. The van der Waals surface area contributed by atoms with Gasteiger partial charge in [0.1, 0.15) is 25.0 Å². The second-order valence-corrected chi connectivity index (χ2v) is 12.7. The monoisotopic (exact) mass is 559 g/mol. The van der Waals surface area contributed by atoms with Gasteiger partial charge in [0.25, 0.3) is 7.82 Å². The van der Waals surface area contributed by atoms with Crippen LogP contribution in [0, 0.1) is 0 Å². The van der Waals surface area contributed by atoms with E-state index in [0.29, 0.717) is 6.61 Å². The summed E-state index contributed by atoms with van der Waals surface area (Å²) in [5.74, 6) is 0.826. The number of phosphoric ester groups is 1. The summed E-state index contributed by atoms with van der Waals surface area (Å²) >= 11 is 0. The van der Waals surface area contributed by atoms with Crippen LogP contribution in [0.3, 0.4) is 0 Å². The van der Waals surface area contributed by atoms with Gasteiger partial charge in [-0.1, -0.05) is 82.9 Å². The number of quaternary nitrogens is 1. The van der Waals surface area contributed by atoms with Crippen molar-refractivity contribution in [3.05, 3.63) is 30.3 Å². The predicted octanol–water partition coefficient (Wildman–Crippen LogP) is 7.12. The molecule has 0 fully saturated rings. The zero-order valence-electron chi connectivity index (χ0n) is 25.4. The lowest BCUT2D eigenvalue weighted by Crippen LogP contribution is -2.47. The van der Waals surface area contributed by atoms with E-state index in [9.17, 15) is 14.6 Å². The normalized spacial score (nSPS) is 12.9. The van der Waals surface area contributed by atoms with Crippen molar-refractivity contribution in [1.82, 2.24) is 0 Å². The van der Waals surface area contributed by atoms with Gasteiger partial charge in [0, 0.05) is 0 Å². The van der Waals surface area contributed by atoms with Crippen molar-refractivity contribution in [2.24, 2.45) is 0 Å². The molecule has 224 valence electrons. The fourth-order valence-electron chi connectivity index (χ4n) is 4.17. The van der Waals surface area contributed by atoms with Crippen molar-refractivity contribution < 1.29 is 32.8 Å². The minimum absolute atomic E-state index is 0.364. The van der Waals surface area contributed by atoms with Crippen LogP contribution in [0.1, 0.15) is 105 Å². The highest BCUT2D eigenvalue weighted by Crippen LogP contribution is 2.40. The molecule has 1 aromatic carbocycles. The van der Waals surface area contributed by atoms with E-state index in [4.69, 9.17) is 4.74 Å². The number of ether oxygens (including phenoxy) is 1. The van der Waals surface area contributed by atoms with E-state index in [2.05, 4.69) is 30.1 Å². The van der Waals surface area contributed by atoms with Crippen LogP contribution in [0.4, 0.5) is 0 Å². The maximum Gasteiger partial charge on any atom is 0.268 e. The third-order valence-corrected chi connectivity index (χ3v) is 7.30. The molecule has 0 amide bonds. The molecule has 0 aliphatic carbocycles. The lowest BCUT2D eigenvalue weighted by molar-refractivity contribution is -0.893. The maximum atomic E-state index is 10.8. The average molecular weight is 560 g/mol. The number of phosphoric acid groups is 1. The molecular weight excluding hydrogens is 501 g/mol. The summed E-state index contributed by atoms with van der Waals surface area (Å²) < 4.78 is 26.4. The van der Waals surface area contributed by atoms with E-state index < -0.39 is 13.9 Å². The van der Waals surface area contributed by atoms with Gasteiger partial charge < -0.3 is 28.3 Å². The number of aliphatic hydroxyl groups is 1. The lowest BCUT2D eigenvalue weighted by Gasteiger charge is -2.31. The first-order valence-electron chi connectivity index (χ1n) is 14.7. The summed E-state index contributed by atoms with van der Waals surface area (Å²) in [6.07, 6.45) is 14.0. The average Bonchev–Trinajstić information content (AvgIpc) is 2.80. The summed E-state index contributed by atoms with van der Waals surface area (Å²) in [6.45, 7) is 11.0. The quantitative estimate of drug-likeness (QED) is 0.0980. The van der Waals surface area contributed by atoms with Gasteiger partial charge in [0.05, 0.1) is 32.8 Å². The third kappa shape index (κ3) is 24.1. The van der Waals surface area contributed by atoms with Crippen molar-refractivity contribution in [2.45, 2.75) is 124 Å². The Hall–Kier alpha value is -0.950. The number of likely N-dealkylation sites (N-methyl/N-ethyl adjacent to an activating group) is 1. The molecule has 1 atom stereocenters. The smallest absolute Gasteiger partial charge is 0.268 e. The molecule has 0 bridgehead atoms. The Balaban J connectivity index is 0.00000105. The minimum atomic E-state index is -4.05. The zero-order chi connectivity index (χ0) is 28.9. The van der Waals surface area contributed by atoms with E-state index in [1.54, 1.807) is 27.7 Å². The Kier molecular flexibility index (Phi) is 21.3. The predicted molar refractivity (Wildman–Crippen MR) is 156 cm³/mol. The van der Waals surface area contributed by atoms with Crippen molar-refractivity contribution in [3.63, 3.8) is 0 Å². The number of unbranched alkanes of at least 4 members (excludes halogenated alkanes) is 10. The fraction of sp³-hybridized carbons (Fsp3) is 0.800. The molecule has 0 saturated carbocycles. The Morgan fingerprint density at radius 1 is 0.816 bits per heavy atom. The molecule has 1 N–H and O–H groups in total. The summed E-state index contributed by atoms with van der Waals surface area (Å²) in [4.78, 5) is 10.8. The third-order valence-electron chi connectivity index (χ3n) is 5.94. The second kappa shape index (κ2) is 21.8. The van der Waals surface area contributed by atoms with Crippen LogP contribution in [0.25, 0.3) is 0 Å². The standard InChI is InChI=1S/C24H44NO2.C6H15O4P/c1-4-5-6-7-8-9-10-11-12-13-17-20-25(2,3)21-23(26)22-27-24-18-15-14-16-19-24;1-5(2)9-11(7,8)10-6(3)4/h14-16,18-19,23,26H,4-13,17,20-22H2,1-3H3;5-6H,1-4H3,(H,7,8)/q+1;/p-1. The number of benzene rings is 1. The number of nitrogens with zero attached hydrogens (tertiary/aromatic N) is 1. The minimum Gasteiger partial charge on any atom is -0.756 e. The molecule has 0 aliphatic heterocycles. The molecule has 0 heterocycles. The Bertz CT molecular complexity index is 700. The van der Waals surface area contributed by atoms with Crippen LogP contribution >= 0.6 is 7.82 Å². The molecule has 0 saturated heterocycles. The van der Waals surface area contributed by atoms with E-state index in [0.717, 1.165) is 23.3 Å². The van der Waals surface area contributed by atoms with Crippen LogP contribution in [0.15, 0.2) is 30.3 Å². The summed E-state index contributed by atoms with van der Waals surface area (Å²) in [5, 5.41) is 10.3. The second-order valence-electron chi connectivity index (χ2n) is 11.4. The van der Waals surface area contributed by atoms with E-state index in [1.165, 1.54) is 70.6 Å². The molecule has 0 radical (unpaired) electrons. The molecule has 38 heavy (non-hydrogen) atoms. The Labute approximate surface area is 234 Å². The van der Waals surface area contributed by atoms with Crippen molar-refractivity contribution in [1.29, 1.82) is 0 Å². The Morgan fingerprint density at radius 3 is 1.71 bits per heavy atom. The highest BCUT2D eigenvalue weighted by atomic mass is 31.2. The molecule has 1 unspecified atom stereocenters. The molecule has 0 aliphatic rings. The van der Waals surface area contributed by atoms with Gasteiger partial charge in [-0.25, -0.2) is 0 Å². The highest BCUT2D eigenvalue weighted by Gasteiger charge is 2.20. The van der Waals surface area contributed by atoms with Crippen LogP contribution in [-0.2, 0) is 13.6 Å². The van der Waals surface area contributed by atoms with Crippen molar-refractivity contribution in [2.75, 3.05) is 33.8 Å². The molecule has 1 rings (SSSR count). The SMILES string of the molecule is CC(C)OP(=O)([O-])OC(C)C.CCCCCCCCCCCCC[N+](C)(C)CC(O)COc1ccccc1. The summed E-state index contributed by atoms with van der Waals surface area (Å²) in [5.41, 5.74) is 0. The van der Waals surface area contributed by atoms with Gasteiger partial charge >= 0.3 is 0 Å². The summed E-state index contributed by atoms with van der Waals surface area (Å²) in [7, 11) is 0.366. The van der Waals surface area contributed by atoms with Crippen LogP contribution in [0.5, 0.6) is 5.75 Å². The van der Waals surface area contributed by atoms with Crippen LogP contribution in [-0.4, -0.2) is 61.7 Å². The van der Waals surface area contributed by atoms with Gasteiger partial charge in [-0.05, 0) is 52.7 Å². The molecule has 1 aromatic rings. The highest BCUT2D eigenvalue weighted by molar-refractivity contribution is 7.45. The number of aliphatic hydroxyl groups excluding tert-OH is 1. The first-order chi connectivity index (χ1) is 17.9. The van der Waals surface area contributed by atoms with E-state index in [-0.39, 0.29) is 12.2 Å². The number of hydrogen-bond donors (Lipinski definition) is 1. The van der Waals surface area contributed by atoms with Crippen LogP contribution in [0.2, 0.25) is 0 Å².